The minimum Gasteiger partial charge on any atom is -0.346 e. The van der Waals surface area contributed by atoms with E-state index in [0.717, 1.165) is 6.42 Å². The fraction of sp³-hybridized carbons (Fsp3) is 0.520. The third-order valence-electron chi connectivity index (χ3n) is 6.50. The van der Waals surface area contributed by atoms with Crippen molar-refractivity contribution in [3.8, 4) is 0 Å². The molecule has 0 radical (unpaired) electrons. The fourth-order valence-corrected chi connectivity index (χ4v) is 4.51. The largest absolute Gasteiger partial charge is 0.346 e. The van der Waals surface area contributed by atoms with Gasteiger partial charge in [0.05, 0.1) is 13.2 Å². The zero-order valence-electron chi connectivity index (χ0n) is 17.4. The monoisotopic (exact) mass is 364 g/mol. The molecule has 0 bridgehead atoms. The summed E-state index contributed by atoms with van der Waals surface area (Å²) in [5.41, 5.74) is 8.59. The van der Waals surface area contributed by atoms with Gasteiger partial charge in [0, 0.05) is 5.56 Å². The van der Waals surface area contributed by atoms with Crippen LogP contribution in [0.15, 0.2) is 36.4 Å². The minimum atomic E-state index is -0.225. The lowest BCUT2D eigenvalue weighted by atomic mass is 9.62. The Morgan fingerprint density at radius 3 is 2.00 bits per heavy atom. The van der Waals surface area contributed by atoms with Gasteiger partial charge in [-0.25, -0.2) is 0 Å². The second-order valence-corrected chi connectivity index (χ2v) is 9.60. The summed E-state index contributed by atoms with van der Waals surface area (Å²) < 4.78 is 11.9. The SMILES string of the molecule is Cc1ccc(Cc2cc3c(cc2C2OCCO2)C(C)(C)CCC3(C)C)cc1. The molecule has 1 heterocycles. The van der Waals surface area contributed by atoms with Crippen molar-refractivity contribution in [2.75, 3.05) is 13.2 Å². The average Bonchev–Trinajstić information content (AvgIpc) is 3.15. The van der Waals surface area contributed by atoms with Crippen LogP contribution in [-0.2, 0) is 26.7 Å². The predicted octanol–water partition coefficient (Wildman–Crippen LogP) is 5.98. The Morgan fingerprint density at radius 2 is 1.41 bits per heavy atom. The van der Waals surface area contributed by atoms with E-state index in [4.69, 9.17) is 9.47 Å². The summed E-state index contributed by atoms with van der Waals surface area (Å²) in [5, 5.41) is 0. The van der Waals surface area contributed by atoms with E-state index in [1.165, 1.54) is 46.2 Å². The van der Waals surface area contributed by atoms with Crippen molar-refractivity contribution in [2.45, 2.75) is 71.0 Å². The van der Waals surface area contributed by atoms with Crippen molar-refractivity contribution in [2.24, 2.45) is 0 Å². The molecule has 2 aromatic rings. The van der Waals surface area contributed by atoms with Crippen molar-refractivity contribution in [3.63, 3.8) is 0 Å². The molecule has 0 amide bonds. The number of rotatable bonds is 3. The molecule has 0 aromatic heterocycles. The highest BCUT2D eigenvalue weighted by Gasteiger charge is 2.38. The predicted molar refractivity (Wildman–Crippen MR) is 110 cm³/mol. The molecule has 144 valence electrons. The van der Waals surface area contributed by atoms with E-state index in [9.17, 15) is 0 Å². The maximum Gasteiger partial charge on any atom is 0.184 e. The van der Waals surface area contributed by atoms with Crippen LogP contribution < -0.4 is 0 Å². The highest BCUT2D eigenvalue weighted by Crippen LogP contribution is 2.47. The van der Waals surface area contributed by atoms with Gasteiger partial charge >= 0.3 is 0 Å². The third-order valence-corrected chi connectivity index (χ3v) is 6.50. The summed E-state index contributed by atoms with van der Waals surface area (Å²) in [7, 11) is 0. The van der Waals surface area contributed by atoms with Crippen molar-refractivity contribution in [1.82, 2.24) is 0 Å². The minimum absolute atomic E-state index is 0.195. The van der Waals surface area contributed by atoms with Crippen LogP contribution in [0.1, 0.15) is 80.2 Å². The smallest absolute Gasteiger partial charge is 0.184 e. The molecule has 1 saturated heterocycles. The van der Waals surface area contributed by atoms with Gasteiger partial charge in [0.25, 0.3) is 0 Å². The van der Waals surface area contributed by atoms with Crippen LogP contribution in [-0.4, -0.2) is 13.2 Å². The van der Waals surface area contributed by atoms with Crippen molar-refractivity contribution in [3.05, 3.63) is 69.8 Å². The van der Waals surface area contributed by atoms with Gasteiger partial charge < -0.3 is 9.47 Å². The van der Waals surface area contributed by atoms with Gasteiger partial charge in [-0.1, -0.05) is 63.6 Å². The average molecular weight is 365 g/mol. The zero-order valence-corrected chi connectivity index (χ0v) is 17.4. The summed E-state index contributed by atoms with van der Waals surface area (Å²) in [4.78, 5) is 0. The van der Waals surface area contributed by atoms with E-state index in [0.29, 0.717) is 13.2 Å². The van der Waals surface area contributed by atoms with Gasteiger partial charge in [0.15, 0.2) is 6.29 Å². The quantitative estimate of drug-likeness (QED) is 0.667. The van der Waals surface area contributed by atoms with Crippen LogP contribution in [0.5, 0.6) is 0 Å². The Kier molecular flexibility index (Phi) is 4.68. The lowest BCUT2D eigenvalue weighted by Gasteiger charge is -2.42. The van der Waals surface area contributed by atoms with Crippen molar-refractivity contribution in [1.29, 1.82) is 0 Å². The normalized spacial score (nSPS) is 21.2. The Morgan fingerprint density at radius 1 is 0.852 bits per heavy atom. The van der Waals surface area contributed by atoms with Crippen LogP contribution in [0.4, 0.5) is 0 Å². The number of hydrogen-bond acceptors (Lipinski definition) is 2. The summed E-state index contributed by atoms with van der Waals surface area (Å²) in [6.07, 6.45) is 3.14. The first-order chi connectivity index (χ1) is 12.8. The molecule has 0 saturated carbocycles. The molecule has 1 aliphatic heterocycles. The van der Waals surface area contributed by atoms with Gasteiger partial charge in [-0.3, -0.25) is 0 Å². The molecule has 4 rings (SSSR count). The molecule has 2 heteroatoms. The number of hydrogen-bond donors (Lipinski definition) is 0. The molecule has 1 fully saturated rings. The maximum atomic E-state index is 5.93. The van der Waals surface area contributed by atoms with Crippen molar-refractivity contribution < 1.29 is 9.47 Å². The highest BCUT2D eigenvalue weighted by atomic mass is 16.7. The van der Waals surface area contributed by atoms with Gasteiger partial charge in [-0.15, -0.1) is 0 Å². The molecule has 0 spiro atoms. The van der Waals surface area contributed by atoms with Crippen LogP contribution in [0.2, 0.25) is 0 Å². The standard InChI is InChI=1S/C25H32O2/c1-17-6-8-18(9-7-17)14-19-15-21-22(16-20(19)23-26-12-13-27-23)25(4,5)11-10-24(21,2)3/h6-9,15-16,23H,10-14H2,1-5H3. The van der Waals surface area contributed by atoms with E-state index in [1.807, 2.05) is 0 Å². The van der Waals surface area contributed by atoms with Crippen LogP contribution >= 0.6 is 0 Å². The first-order valence-corrected chi connectivity index (χ1v) is 10.2. The molecule has 2 nitrogen and oxygen atoms in total. The topological polar surface area (TPSA) is 18.5 Å². The maximum absolute atomic E-state index is 5.93. The Labute approximate surface area is 163 Å². The summed E-state index contributed by atoms with van der Waals surface area (Å²) in [5.74, 6) is 0. The van der Waals surface area contributed by atoms with Crippen molar-refractivity contribution >= 4 is 0 Å². The first kappa shape index (κ1) is 18.7. The van der Waals surface area contributed by atoms with Gasteiger partial charge in [0.2, 0.25) is 0 Å². The Bertz CT molecular complexity index is 824. The number of benzene rings is 2. The Balaban J connectivity index is 1.84. The number of aryl methyl sites for hydroxylation is 1. The summed E-state index contributed by atoms with van der Waals surface area (Å²) >= 11 is 0. The van der Waals surface area contributed by atoms with Gasteiger partial charge in [0.1, 0.15) is 0 Å². The van der Waals surface area contributed by atoms with Crippen LogP contribution in [0.3, 0.4) is 0 Å². The lowest BCUT2D eigenvalue weighted by molar-refractivity contribution is -0.0447. The van der Waals surface area contributed by atoms with E-state index < -0.39 is 0 Å². The second-order valence-electron chi connectivity index (χ2n) is 9.60. The Hall–Kier alpha value is -1.64. The molecule has 0 N–H and O–H groups in total. The highest BCUT2D eigenvalue weighted by molar-refractivity contribution is 5.49. The molecular weight excluding hydrogens is 332 g/mol. The summed E-state index contributed by atoms with van der Waals surface area (Å²) in [6, 6.07) is 13.7. The molecular formula is C25H32O2. The summed E-state index contributed by atoms with van der Waals surface area (Å²) in [6.45, 7) is 13.0. The van der Waals surface area contributed by atoms with Gasteiger partial charge in [-0.2, -0.15) is 0 Å². The molecule has 0 atom stereocenters. The second kappa shape index (κ2) is 6.76. The van der Waals surface area contributed by atoms with Gasteiger partial charge in [-0.05, 0) is 65.3 Å². The van der Waals surface area contributed by atoms with E-state index in [1.54, 1.807) is 0 Å². The molecule has 2 aliphatic rings. The molecule has 27 heavy (non-hydrogen) atoms. The van der Waals surface area contributed by atoms with Crippen LogP contribution in [0.25, 0.3) is 0 Å². The third kappa shape index (κ3) is 3.58. The van der Waals surface area contributed by atoms with Crippen LogP contribution in [0, 0.1) is 6.92 Å². The van der Waals surface area contributed by atoms with E-state index in [2.05, 4.69) is 71.0 Å². The lowest BCUT2D eigenvalue weighted by Crippen LogP contribution is -2.34. The molecule has 0 unspecified atom stereocenters. The zero-order chi connectivity index (χ0) is 19.2. The molecule has 1 aliphatic carbocycles. The molecule has 2 aromatic carbocycles. The van der Waals surface area contributed by atoms with E-state index in [-0.39, 0.29) is 17.1 Å². The first-order valence-electron chi connectivity index (χ1n) is 10.2. The van der Waals surface area contributed by atoms with E-state index >= 15 is 0 Å². The number of fused-ring (bicyclic) bond motifs is 1. The fourth-order valence-electron chi connectivity index (χ4n) is 4.51. The number of ether oxygens (including phenoxy) is 2.